The number of nitrogens with one attached hydrogen (secondary N) is 2. The molecule has 2 aromatic rings. The molecule has 0 radical (unpaired) electrons. The van der Waals surface area contributed by atoms with E-state index in [2.05, 4.69) is 29.5 Å². The van der Waals surface area contributed by atoms with Crippen molar-refractivity contribution in [3.63, 3.8) is 0 Å². The van der Waals surface area contributed by atoms with E-state index in [1.807, 2.05) is 18.2 Å². The van der Waals surface area contributed by atoms with Gasteiger partial charge in [0.1, 0.15) is 0 Å². The van der Waals surface area contributed by atoms with Crippen LogP contribution in [0, 0.1) is 11.3 Å². The van der Waals surface area contributed by atoms with E-state index in [1.54, 1.807) is 0 Å². The second-order valence-electron chi connectivity index (χ2n) is 5.02. The molecule has 92 valence electrons. The second kappa shape index (κ2) is 4.47. The fourth-order valence-electron chi connectivity index (χ4n) is 2.61. The standard InChI is InChI=1S/C15H17N3/c1-2-5-17-15-7-12(15)13-9-18-14-4-3-10(8-16)6-11(13)14/h3-4,6,9,12,15,17-18H,2,5,7H2,1H3/t12-,15+/m0/s1. The lowest BCUT2D eigenvalue weighted by Gasteiger charge is -2.01. The van der Waals surface area contributed by atoms with Crippen LogP contribution in [0.3, 0.4) is 0 Å². The van der Waals surface area contributed by atoms with E-state index in [4.69, 9.17) is 5.26 Å². The normalized spacial score (nSPS) is 22.0. The van der Waals surface area contributed by atoms with Crippen molar-refractivity contribution in [1.29, 1.82) is 5.26 Å². The zero-order chi connectivity index (χ0) is 12.5. The maximum atomic E-state index is 8.98. The van der Waals surface area contributed by atoms with Crippen molar-refractivity contribution < 1.29 is 0 Å². The Morgan fingerprint density at radius 1 is 1.50 bits per heavy atom. The summed E-state index contributed by atoms with van der Waals surface area (Å²) in [5.74, 6) is 0.610. The number of hydrogen-bond donors (Lipinski definition) is 2. The summed E-state index contributed by atoms with van der Waals surface area (Å²) >= 11 is 0. The first-order valence-electron chi connectivity index (χ1n) is 6.58. The summed E-state index contributed by atoms with van der Waals surface area (Å²) in [5, 5.41) is 13.7. The first-order valence-corrected chi connectivity index (χ1v) is 6.58. The topological polar surface area (TPSA) is 51.6 Å². The number of nitriles is 1. The first-order chi connectivity index (χ1) is 8.83. The number of aromatic amines is 1. The van der Waals surface area contributed by atoms with Crippen molar-refractivity contribution in [2.45, 2.75) is 31.7 Å². The van der Waals surface area contributed by atoms with Crippen molar-refractivity contribution >= 4 is 10.9 Å². The average molecular weight is 239 g/mol. The highest BCUT2D eigenvalue weighted by Gasteiger charge is 2.39. The van der Waals surface area contributed by atoms with Crippen LogP contribution in [0.4, 0.5) is 0 Å². The molecule has 2 atom stereocenters. The maximum Gasteiger partial charge on any atom is 0.0991 e. The number of rotatable bonds is 4. The van der Waals surface area contributed by atoms with Crippen LogP contribution in [0.25, 0.3) is 10.9 Å². The summed E-state index contributed by atoms with van der Waals surface area (Å²) in [7, 11) is 0. The molecule has 1 aliphatic carbocycles. The molecule has 0 amide bonds. The lowest BCUT2D eigenvalue weighted by Crippen LogP contribution is -2.18. The van der Waals surface area contributed by atoms with Crippen molar-refractivity contribution in [2.24, 2.45) is 0 Å². The molecule has 3 nitrogen and oxygen atoms in total. The van der Waals surface area contributed by atoms with Gasteiger partial charge in [0.25, 0.3) is 0 Å². The molecule has 1 heterocycles. The lowest BCUT2D eigenvalue weighted by molar-refractivity contribution is 0.659. The fourth-order valence-corrected chi connectivity index (χ4v) is 2.61. The third-order valence-corrected chi connectivity index (χ3v) is 3.69. The summed E-state index contributed by atoms with van der Waals surface area (Å²) in [6, 6.07) is 8.69. The van der Waals surface area contributed by atoms with Crippen LogP contribution < -0.4 is 5.32 Å². The lowest BCUT2D eigenvalue weighted by atomic mass is 10.1. The van der Waals surface area contributed by atoms with Crippen LogP contribution >= 0.6 is 0 Å². The van der Waals surface area contributed by atoms with Crippen LogP contribution in [0.5, 0.6) is 0 Å². The Morgan fingerprint density at radius 3 is 3.17 bits per heavy atom. The quantitative estimate of drug-likeness (QED) is 0.862. The molecule has 3 heteroatoms. The highest BCUT2D eigenvalue weighted by Crippen LogP contribution is 2.43. The minimum Gasteiger partial charge on any atom is -0.361 e. The molecular weight excluding hydrogens is 222 g/mol. The van der Waals surface area contributed by atoms with Gasteiger partial charge in [0, 0.05) is 29.1 Å². The summed E-state index contributed by atoms with van der Waals surface area (Å²) in [6.07, 6.45) is 4.49. The third kappa shape index (κ3) is 1.89. The molecular formula is C15H17N3. The minimum absolute atomic E-state index is 0.610. The van der Waals surface area contributed by atoms with Crippen molar-refractivity contribution in [1.82, 2.24) is 10.3 Å². The summed E-state index contributed by atoms with van der Waals surface area (Å²) < 4.78 is 0. The second-order valence-corrected chi connectivity index (χ2v) is 5.02. The molecule has 2 N–H and O–H groups in total. The zero-order valence-electron chi connectivity index (χ0n) is 10.5. The maximum absolute atomic E-state index is 8.98. The van der Waals surface area contributed by atoms with E-state index in [-0.39, 0.29) is 0 Å². The van der Waals surface area contributed by atoms with Gasteiger partial charge >= 0.3 is 0 Å². The number of aromatic nitrogens is 1. The summed E-state index contributed by atoms with van der Waals surface area (Å²) in [6.45, 7) is 3.28. The van der Waals surface area contributed by atoms with Gasteiger partial charge in [-0.25, -0.2) is 0 Å². The van der Waals surface area contributed by atoms with E-state index in [0.717, 1.165) is 17.6 Å². The van der Waals surface area contributed by atoms with Gasteiger partial charge in [-0.2, -0.15) is 5.26 Å². The average Bonchev–Trinajstić information content (AvgIpc) is 3.05. The van der Waals surface area contributed by atoms with Crippen LogP contribution in [0.15, 0.2) is 24.4 Å². The predicted octanol–water partition coefficient (Wildman–Crippen LogP) is 2.90. The Labute approximate surface area is 107 Å². The van der Waals surface area contributed by atoms with Crippen LogP contribution in [-0.4, -0.2) is 17.6 Å². The number of benzene rings is 1. The fraction of sp³-hybridized carbons (Fsp3) is 0.400. The van der Waals surface area contributed by atoms with Crippen molar-refractivity contribution in [3.05, 3.63) is 35.5 Å². The Hall–Kier alpha value is -1.79. The SMILES string of the molecule is CCCN[C@@H]1C[C@H]1c1c[nH]c2ccc(C#N)cc12. The number of fused-ring (bicyclic) bond motifs is 1. The summed E-state index contributed by atoms with van der Waals surface area (Å²) in [4.78, 5) is 3.30. The number of hydrogen-bond acceptors (Lipinski definition) is 2. The molecule has 3 rings (SSSR count). The first kappa shape index (κ1) is 11.3. The molecule has 0 unspecified atom stereocenters. The van der Waals surface area contributed by atoms with E-state index in [9.17, 15) is 0 Å². The molecule has 1 aromatic carbocycles. The van der Waals surface area contributed by atoms with E-state index < -0.39 is 0 Å². The summed E-state index contributed by atoms with van der Waals surface area (Å²) in [5.41, 5.74) is 3.22. The zero-order valence-corrected chi connectivity index (χ0v) is 10.5. The molecule has 1 aromatic heterocycles. The molecule has 0 aliphatic heterocycles. The Balaban J connectivity index is 1.87. The monoisotopic (exact) mass is 239 g/mol. The van der Waals surface area contributed by atoms with E-state index >= 15 is 0 Å². The molecule has 18 heavy (non-hydrogen) atoms. The minimum atomic E-state index is 0.610. The van der Waals surface area contributed by atoms with Gasteiger partial charge in [-0.05, 0) is 43.1 Å². The largest absolute Gasteiger partial charge is 0.361 e. The van der Waals surface area contributed by atoms with Crippen LogP contribution in [0.1, 0.15) is 36.8 Å². The highest BCUT2D eigenvalue weighted by atomic mass is 15.0. The highest BCUT2D eigenvalue weighted by molar-refractivity contribution is 5.85. The number of H-pyrrole nitrogens is 1. The third-order valence-electron chi connectivity index (χ3n) is 3.69. The molecule has 0 bridgehead atoms. The molecule has 1 saturated carbocycles. The van der Waals surface area contributed by atoms with Crippen molar-refractivity contribution in [3.8, 4) is 6.07 Å². The molecule has 1 fully saturated rings. The Bertz CT molecular complexity index is 606. The van der Waals surface area contributed by atoms with E-state index in [0.29, 0.717) is 12.0 Å². The van der Waals surface area contributed by atoms with Gasteiger partial charge in [-0.15, -0.1) is 0 Å². The van der Waals surface area contributed by atoms with Crippen LogP contribution in [0.2, 0.25) is 0 Å². The number of nitrogens with zero attached hydrogens (tertiary/aromatic N) is 1. The molecule has 0 spiro atoms. The Morgan fingerprint density at radius 2 is 2.39 bits per heavy atom. The van der Waals surface area contributed by atoms with Crippen molar-refractivity contribution in [2.75, 3.05) is 6.54 Å². The Kier molecular flexibility index (Phi) is 2.81. The van der Waals surface area contributed by atoms with Crippen LogP contribution in [-0.2, 0) is 0 Å². The smallest absolute Gasteiger partial charge is 0.0991 e. The van der Waals surface area contributed by atoms with Gasteiger partial charge < -0.3 is 10.3 Å². The van der Waals surface area contributed by atoms with E-state index in [1.165, 1.54) is 23.8 Å². The molecule has 0 saturated heterocycles. The molecule has 1 aliphatic rings. The van der Waals surface area contributed by atoms with Gasteiger partial charge in [0.15, 0.2) is 0 Å². The van der Waals surface area contributed by atoms with Gasteiger partial charge in [-0.3, -0.25) is 0 Å². The van der Waals surface area contributed by atoms with Gasteiger partial charge in [0.05, 0.1) is 11.6 Å². The predicted molar refractivity (Wildman–Crippen MR) is 72.5 cm³/mol. The van der Waals surface area contributed by atoms with Gasteiger partial charge in [-0.1, -0.05) is 6.92 Å². The van der Waals surface area contributed by atoms with Gasteiger partial charge in [0.2, 0.25) is 0 Å².